The third kappa shape index (κ3) is 2.33. The fraction of sp³-hybridized carbons (Fsp3) is 0. The van der Waals surface area contributed by atoms with E-state index in [4.69, 9.17) is 0 Å². The minimum atomic E-state index is 0.0552. The minimum Gasteiger partial charge on any atom is -0.324 e. The van der Waals surface area contributed by atoms with Gasteiger partial charge in [0.2, 0.25) is 0 Å². The van der Waals surface area contributed by atoms with Crippen LogP contribution in [0.1, 0.15) is 15.9 Å². The Morgan fingerprint density at radius 2 is 1.26 bits per heavy atom. The molecule has 19 heavy (non-hydrogen) atoms. The van der Waals surface area contributed by atoms with Crippen LogP contribution < -0.4 is 0 Å². The zero-order valence-electron chi connectivity index (χ0n) is 10.4. The van der Waals surface area contributed by atoms with Gasteiger partial charge in [0, 0.05) is 29.2 Å². The summed E-state index contributed by atoms with van der Waals surface area (Å²) in [4.78, 5) is 12.2. The first kappa shape index (κ1) is 11.5. The number of benzene rings is 2. The number of carbonyl (C=O) groups excluding carboxylic acids is 1. The van der Waals surface area contributed by atoms with Crippen molar-refractivity contribution < 1.29 is 4.79 Å². The average molecular weight is 247 g/mol. The number of carbonyl (C=O) groups is 1. The molecule has 0 fully saturated rings. The van der Waals surface area contributed by atoms with Crippen LogP contribution in [0.3, 0.4) is 0 Å². The highest BCUT2D eigenvalue weighted by Crippen LogP contribution is 2.13. The molecule has 0 saturated heterocycles. The molecule has 0 amide bonds. The van der Waals surface area contributed by atoms with Crippen LogP contribution in [0.15, 0.2) is 79.1 Å². The van der Waals surface area contributed by atoms with E-state index in [2.05, 4.69) is 0 Å². The van der Waals surface area contributed by atoms with E-state index >= 15 is 0 Å². The normalized spacial score (nSPS) is 10.3. The summed E-state index contributed by atoms with van der Waals surface area (Å²) in [7, 11) is 0. The van der Waals surface area contributed by atoms with Crippen molar-refractivity contribution in [3.8, 4) is 5.69 Å². The number of nitrogens with zero attached hydrogens (tertiary/aromatic N) is 1. The molecule has 0 N–H and O–H groups in total. The van der Waals surface area contributed by atoms with E-state index in [-0.39, 0.29) is 5.78 Å². The highest BCUT2D eigenvalue weighted by Gasteiger charge is 2.08. The van der Waals surface area contributed by atoms with E-state index in [1.165, 1.54) is 0 Å². The second-order valence-electron chi connectivity index (χ2n) is 4.33. The van der Waals surface area contributed by atoms with Crippen LogP contribution in [-0.2, 0) is 0 Å². The van der Waals surface area contributed by atoms with E-state index in [1.54, 1.807) is 0 Å². The lowest BCUT2D eigenvalue weighted by molar-refractivity contribution is 0.103. The van der Waals surface area contributed by atoms with Crippen LogP contribution in [0.4, 0.5) is 0 Å². The Bertz CT molecular complexity index is 667. The summed E-state index contributed by atoms with van der Waals surface area (Å²) >= 11 is 0. The Balaban J connectivity index is 1.89. The Morgan fingerprint density at radius 1 is 0.684 bits per heavy atom. The lowest BCUT2D eigenvalue weighted by Gasteiger charge is -2.05. The molecule has 2 aromatic carbocycles. The minimum absolute atomic E-state index is 0.0552. The van der Waals surface area contributed by atoms with Crippen LogP contribution in [0.25, 0.3) is 5.69 Å². The van der Waals surface area contributed by atoms with Crippen molar-refractivity contribution in [1.29, 1.82) is 0 Å². The maximum Gasteiger partial charge on any atom is 0.193 e. The van der Waals surface area contributed by atoms with Gasteiger partial charge in [-0.1, -0.05) is 30.3 Å². The Hall–Kier alpha value is -2.61. The van der Waals surface area contributed by atoms with Crippen molar-refractivity contribution in [2.45, 2.75) is 0 Å². The van der Waals surface area contributed by atoms with Crippen LogP contribution in [0, 0.1) is 0 Å². The molecule has 1 heterocycles. The van der Waals surface area contributed by atoms with E-state index in [9.17, 15) is 4.79 Å². The van der Waals surface area contributed by atoms with E-state index in [0.29, 0.717) is 5.56 Å². The molecule has 0 radical (unpaired) electrons. The summed E-state index contributed by atoms with van der Waals surface area (Å²) < 4.78 is 2.01. The van der Waals surface area contributed by atoms with Gasteiger partial charge in [0.25, 0.3) is 0 Å². The second-order valence-corrected chi connectivity index (χ2v) is 4.33. The molecular weight excluding hydrogens is 234 g/mol. The lowest BCUT2D eigenvalue weighted by Crippen LogP contribution is -2.01. The van der Waals surface area contributed by atoms with Gasteiger partial charge in [-0.3, -0.25) is 4.79 Å². The van der Waals surface area contributed by atoms with Gasteiger partial charge in [-0.05, 0) is 36.4 Å². The van der Waals surface area contributed by atoms with Gasteiger partial charge in [0.05, 0.1) is 0 Å². The lowest BCUT2D eigenvalue weighted by atomic mass is 10.0. The summed E-state index contributed by atoms with van der Waals surface area (Å²) in [6.07, 6.45) is 3.96. The molecule has 3 rings (SSSR count). The van der Waals surface area contributed by atoms with E-state index in [1.807, 2.05) is 83.7 Å². The maximum atomic E-state index is 12.2. The first-order chi connectivity index (χ1) is 9.34. The molecule has 0 atom stereocenters. The van der Waals surface area contributed by atoms with Crippen molar-refractivity contribution in [2.24, 2.45) is 0 Å². The molecule has 2 heteroatoms. The average Bonchev–Trinajstić information content (AvgIpc) is 3.02. The summed E-state index contributed by atoms with van der Waals surface area (Å²) in [5.74, 6) is 0.0552. The van der Waals surface area contributed by atoms with Gasteiger partial charge in [-0.2, -0.15) is 0 Å². The van der Waals surface area contributed by atoms with Crippen molar-refractivity contribution >= 4 is 5.78 Å². The fourth-order valence-corrected chi connectivity index (χ4v) is 2.05. The fourth-order valence-electron chi connectivity index (χ4n) is 2.05. The van der Waals surface area contributed by atoms with Crippen molar-refractivity contribution in [1.82, 2.24) is 4.57 Å². The number of hydrogen-bond donors (Lipinski definition) is 0. The van der Waals surface area contributed by atoms with Crippen LogP contribution in [0.2, 0.25) is 0 Å². The predicted octanol–water partition coefficient (Wildman–Crippen LogP) is 3.71. The predicted molar refractivity (Wildman–Crippen MR) is 75.6 cm³/mol. The highest BCUT2D eigenvalue weighted by molar-refractivity contribution is 6.09. The van der Waals surface area contributed by atoms with E-state index < -0.39 is 0 Å². The molecule has 0 spiro atoms. The van der Waals surface area contributed by atoms with Gasteiger partial charge < -0.3 is 4.57 Å². The third-order valence-corrected chi connectivity index (χ3v) is 3.07. The number of hydrogen-bond acceptors (Lipinski definition) is 1. The number of aromatic nitrogens is 1. The molecule has 0 aliphatic carbocycles. The van der Waals surface area contributed by atoms with Gasteiger partial charge in [0.15, 0.2) is 5.78 Å². The molecule has 2 nitrogen and oxygen atoms in total. The van der Waals surface area contributed by atoms with Crippen molar-refractivity contribution in [2.75, 3.05) is 0 Å². The summed E-state index contributed by atoms with van der Waals surface area (Å²) in [6, 6.07) is 20.9. The molecule has 0 saturated carbocycles. The van der Waals surface area contributed by atoms with Gasteiger partial charge in [-0.15, -0.1) is 0 Å². The Kier molecular flexibility index (Phi) is 2.99. The van der Waals surface area contributed by atoms with Crippen molar-refractivity contribution in [3.63, 3.8) is 0 Å². The summed E-state index contributed by atoms with van der Waals surface area (Å²) in [5.41, 5.74) is 2.48. The Morgan fingerprint density at radius 3 is 1.89 bits per heavy atom. The summed E-state index contributed by atoms with van der Waals surface area (Å²) in [6.45, 7) is 0. The third-order valence-electron chi connectivity index (χ3n) is 3.07. The van der Waals surface area contributed by atoms with Crippen LogP contribution in [0.5, 0.6) is 0 Å². The van der Waals surface area contributed by atoms with Gasteiger partial charge in [-0.25, -0.2) is 0 Å². The molecular formula is C17H13NO. The molecule has 0 aliphatic heterocycles. The zero-order valence-corrected chi connectivity index (χ0v) is 10.4. The SMILES string of the molecule is O=C(c1ccccc1)c1ccc(-n2cccc2)cc1. The molecule has 3 aromatic rings. The highest BCUT2D eigenvalue weighted by atomic mass is 16.1. The first-order valence-corrected chi connectivity index (χ1v) is 6.18. The maximum absolute atomic E-state index is 12.2. The zero-order chi connectivity index (χ0) is 13.1. The van der Waals surface area contributed by atoms with Crippen LogP contribution >= 0.6 is 0 Å². The number of rotatable bonds is 3. The van der Waals surface area contributed by atoms with E-state index in [0.717, 1.165) is 11.3 Å². The smallest absolute Gasteiger partial charge is 0.193 e. The molecule has 1 aromatic heterocycles. The topological polar surface area (TPSA) is 22.0 Å². The quantitative estimate of drug-likeness (QED) is 0.647. The first-order valence-electron chi connectivity index (χ1n) is 6.18. The number of ketones is 1. The second kappa shape index (κ2) is 4.94. The van der Waals surface area contributed by atoms with Gasteiger partial charge in [0.1, 0.15) is 0 Å². The summed E-state index contributed by atoms with van der Waals surface area (Å²) in [5, 5.41) is 0. The van der Waals surface area contributed by atoms with Crippen molar-refractivity contribution in [3.05, 3.63) is 90.3 Å². The Labute approximate surface area is 111 Å². The standard InChI is InChI=1S/C17H13NO/c19-17(14-6-2-1-3-7-14)15-8-10-16(11-9-15)18-12-4-5-13-18/h1-13H. The molecule has 0 aliphatic rings. The largest absolute Gasteiger partial charge is 0.324 e. The molecule has 92 valence electrons. The van der Waals surface area contributed by atoms with Gasteiger partial charge >= 0.3 is 0 Å². The molecule has 0 unspecified atom stereocenters. The van der Waals surface area contributed by atoms with Crippen LogP contribution in [-0.4, -0.2) is 10.4 Å². The molecule has 0 bridgehead atoms. The monoisotopic (exact) mass is 247 g/mol.